The van der Waals surface area contributed by atoms with Crippen molar-refractivity contribution in [1.82, 2.24) is 20.0 Å². The summed E-state index contributed by atoms with van der Waals surface area (Å²) in [6.07, 6.45) is 2.47. The van der Waals surface area contributed by atoms with Crippen LogP contribution in [0.2, 0.25) is 0 Å². The molecule has 1 aromatic carbocycles. The van der Waals surface area contributed by atoms with Crippen LogP contribution in [0.1, 0.15) is 106 Å². The first-order valence-corrected chi connectivity index (χ1v) is 20.0. The van der Waals surface area contributed by atoms with Gasteiger partial charge >= 0.3 is 6.09 Å². The molecule has 1 aliphatic rings. The van der Waals surface area contributed by atoms with E-state index in [9.17, 15) is 33.6 Å². The van der Waals surface area contributed by atoms with Gasteiger partial charge in [-0.2, -0.15) is 0 Å². The SMILES string of the molecule is CC[C@H](C)C([C@@H](CC(C)=O)OC)N(C)C(=O)[C@@H](NC(=O)[C@H](C(C)C)N(C)C(=O)OCc1ccc(NCC(=O)CCCCCN2C(=O)CC(C)C2=O)cc1)C(C)C. The topological polar surface area (TPSA) is 172 Å². The van der Waals surface area contributed by atoms with Gasteiger partial charge in [0.05, 0.1) is 18.7 Å². The maximum Gasteiger partial charge on any atom is 0.410 e. The largest absolute Gasteiger partial charge is 0.445 e. The van der Waals surface area contributed by atoms with Gasteiger partial charge in [0.2, 0.25) is 23.6 Å². The molecule has 0 spiro atoms. The van der Waals surface area contributed by atoms with Crippen molar-refractivity contribution in [3.05, 3.63) is 29.8 Å². The Morgan fingerprint density at radius 2 is 1.57 bits per heavy atom. The lowest BCUT2D eigenvalue weighted by Gasteiger charge is -2.40. The number of amides is 5. The van der Waals surface area contributed by atoms with Gasteiger partial charge in [-0.1, -0.05) is 73.4 Å². The number of ether oxygens (including phenoxy) is 2. The number of hydrogen-bond donors (Lipinski definition) is 2. The second kappa shape index (κ2) is 23.0. The van der Waals surface area contributed by atoms with Crippen molar-refractivity contribution >= 4 is 47.0 Å². The highest BCUT2D eigenvalue weighted by atomic mass is 16.6. The van der Waals surface area contributed by atoms with Gasteiger partial charge in [0.25, 0.3) is 0 Å². The van der Waals surface area contributed by atoms with Gasteiger partial charge in [0.15, 0.2) is 5.78 Å². The fourth-order valence-corrected chi connectivity index (χ4v) is 7.13. The van der Waals surface area contributed by atoms with Gasteiger partial charge < -0.3 is 25.0 Å². The molecule has 14 nitrogen and oxygen atoms in total. The number of unbranched alkanes of at least 4 members (excludes halogenated alkanes) is 2. The maximum atomic E-state index is 14.0. The van der Waals surface area contributed by atoms with E-state index in [0.29, 0.717) is 31.4 Å². The van der Waals surface area contributed by atoms with Crippen LogP contribution in [0.3, 0.4) is 0 Å². The van der Waals surface area contributed by atoms with E-state index in [2.05, 4.69) is 10.6 Å². The molecule has 1 fully saturated rings. The molecule has 2 N–H and O–H groups in total. The number of benzene rings is 1. The lowest BCUT2D eigenvalue weighted by molar-refractivity contribution is -0.144. The number of nitrogens with one attached hydrogen (secondary N) is 2. The molecule has 2 unspecified atom stereocenters. The lowest BCUT2D eigenvalue weighted by atomic mass is 9.89. The molecule has 14 heteroatoms. The van der Waals surface area contributed by atoms with E-state index in [-0.39, 0.29) is 79.0 Å². The summed E-state index contributed by atoms with van der Waals surface area (Å²) >= 11 is 0. The molecule has 1 aliphatic heterocycles. The molecule has 0 radical (unpaired) electrons. The average molecular weight is 786 g/mol. The third kappa shape index (κ3) is 14.0. The van der Waals surface area contributed by atoms with Crippen LogP contribution in [0.15, 0.2) is 24.3 Å². The summed E-state index contributed by atoms with van der Waals surface area (Å²) in [6.45, 7) is 15.1. The van der Waals surface area contributed by atoms with Crippen LogP contribution >= 0.6 is 0 Å². The Morgan fingerprint density at radius 1 is 0.929 bits per heavy atom. The number of rotatable bonds is 24. The number of carbonyl (C=O) groups excluding carboxylic acids is 7. The molecule has 314 valence electrons. The summed E-state index contributed by atoms with van der Waals surface area (Å²) in [6, 6.07) is 4.92. The first kappa shape index (κ1) is 47.8. The predicted octanol–water partition coefficient (Wildman–Crippen LogP) is 5.22. The first-order valence-electron chi connectivity index (χ1n) is 20.0. The molecule has 0 aromatic heterocycles. The lowest BCUT2D eigenvalue weighted by Crippen LogP contribution is -2.60. The molecule has 0 bridgehead atoms. The number of methoxy groups -OCH3 is 1. The summed E-state index contributed by atoms with van der Waals surface area (Å²) in [7, 11) is 4.70. The maximum absolute atomic E-state index is 14.0. The minimum Gasteiger partial charge on any atom is -0.445 e. The number of likely N-dealkylation sites (tertiary alicyclic amines) is 1. The van der Waals surface area contributed by atoms with Gasteiger partial charge in [-0.25, -0.2) is 4.79 Å². The standard InChI is InChI=1S/C42H67N5O9/c1-12-28(6)38(34(55-11)23-30(8)48)45(9)41(53)36(26(2)3)44-39(51)37(27(4)5)46(10)42(54)56-25-31-17-19-32(20-18-31)43-24-33(49)16-14-13-15-21-47-35(50)22-29(7)40(47)52/h17-20,26-29,34,36-38,43H,12-16,21-25H2,1-11H3,(H,44,51)/t28-,29?,34+,36-,37-,38?/m0/s1. The predicted molar refractivity (Wildman–Crippen MR) is 214 cm³/mol. The highest BCUT2D eigenvalue weighted by Crippen LogP contribution is 2.24. The van der Waals surface area contributed by atoms with Crippen LogP contribution in [0.4, 0.5) is 10.5 Å². The molecule has 1 aromatic rings. The van der Waals surface area contributed by atoms with E-state index in [0.717, 1.165) is 18.5 Å². The molecular weight excluding hydrogens is 718 g/mol. The number of hydrogen-bond acceptors (Lipinski definition) is 10. The zero-order valence-corrected chi connectivity index (χ0v) is 35.5. The van der Waals surface area contributed by atoms with Crippen LogP contribution in [0.5, 0.6) is 0 Å². The second-order valence-electron chi connectivity index (χ2n) is 16.0. The van der Waals surface area contributed by atoms with Crippen molar-refractivity contribution in [3.8, 4) is 0 Å². The van der Waals surface area contributed by atoms with Crippen LogP contribution in [-0.4, -0.2) is 115 Å². The molecule has 56 heavy (non-hydrogen) atoms. The van der Waals surface area contributed by atoms with Crippen LogP contribution in [0, 0.1) is 23.7 Å². The van der Waals surface area contributed by atoms with Crippen molar-refractivity contribution in [1.29, 1.82) is 0 Å². The van der Waals surface area contributed by atoms with Crippen molar-refractivity contribution in [2.75, 3.05) is 39.6 Å². The number of nitrogens with zero attached hydrogens (tertiary/aromatic N) is 3. The smallest absolute Gasteiger partial charge is 0.410 e. The van der Waals surface area contributed by atoms with Crippen LogP contribution in [0.25, 0.3) is 0 Å². The molecule has 5 amide bonds. The zero-order valence-electron chi connectivity index (χ0n) is 35.5. The van der Waals surface area contributed by atoms with Gasteiger partial charge in [-0.05, 0) is 55.2 Å². The molecule has 1 saturated heterocycles. The van der Waals surface area contributed by atoms with Crippen molar-refractivity contribution in [3.63, 3.8) is 0 Å². The fourth-order valence-electron chi connectivity index (χ4n) is 7.13. The minimum absolute atomic E-state index is 0.0174. The first-order chi connectivity index (χ1) is 26.3. The van der Waals surface area contributed by atoms with Crippen LogP contribution < -0.4 is 10.6 Å². The molecule has 1 heterocycles. The summed E-state index contributed by atoms with van der Waals surface area (Å²) in [5.41, 5.74) is 1.44. The third-order valence-corrected chi connectivity index (χ3v) is 10.6. The molecule has 6 atom stereocenters. The molecule has 0 saturated carbocycles. The summed E-state index contributed by atoms with van der Waals surface area (Å²) in [5.74, 6) is -1.83. The summed E-state index contributed by atoms with van der Waals surface area (Å²) in [4.78, 5) is 93.6. The van der Waals surface area contributed by atoms with Crippen molar-refractivity contribution in [2.24, 2.45) is 23.7 Å². The van der Waals surface area contributed by atoms with Gasteiger partial charge in [0, 0.05) is 58.6 Å². The normalized spacial score (nSPS) is 16.9. The Kier molecular flexibility index (Phi) is 19.7. The van der Waals surface area contributed by atoms with Crippen molar-refractivity contribution in [2.45, 2.75) is 131 Å². The molecular formula is C42H67N5O9. The van der Waals surface area contributed by atoms with E-state index in [1.165, 1.54) is 30.9 Å². The Morgan fingerprint density at radius 3 is 2.09 bits per heavy atom. The number of imide groups is 1. The summed E-state index contributed by atoms with van der Waals surface area (Å²) in [5, 5.41) is 6.02. The Hall–Kier alpha value is -4.33. The van der Waals surface area contributed by atoms with E-state index in [1.54, 1.807) is 43.1 Å². The van der Waals surface area contributed by atoms with Gasteiger partial charge in [-0.3, -0.25) is 38.6 Å². The van der Waals surface area contributed by atoms with Gasteiger partial charge in [0.1, 0.15) is 24.5 Å². The highest BCUT2D eigenvalue weighted by molar-refractivity contribution is 6.03. The van der Waals surface area contributed by atoms with Crippen LogP contribution in [-0.2, 0) is 44.8 Å². The Balaban J connectivity index is 1.92. The number of Topliss-reactive ketones (excluding diaryl/α,β-unsaturated/α-hetero) is 2. The van der Waals surface area contributed by atoms with E-state index >= 15 is 0 Å². The van der Waals surface area contributed by atoms with E-state index < -0.39 is 36.2 Å². The monoisotopic (exact) mass is 785 g/mol. The second-order valence-corrected chi connectivity index (χ2v) is 16.0. The minimum atomic E-state index is -0.928. The van der Waals surface area contributed by atoms with Gasteiger partial charge in [-0.15, -0.1) is 0 Å². The highest BCUT2D eigenvalue weighted by Gasteiger charge is 2.39. The number of likely N-dealkylation sites (N-methyl/N-ethyl adjacent to an activating group) is 2. The molecule has 0 aliphatic carbocycles. The summed E-state index contributed by atoms with van der Waals surface area (Å²) < 4.78 is 11.3. The van der Waals surface area contributed by atoms with E-state index in [1.807, 2.05) is 41.5 Å². The number of carbonyl (C=O) groups is 7. The average Bonchev–Trinajstić information content (AvgIpc) is 3.39. The number of ketones is 2. The van der Waals surface area contributed by atoms with E-state index in [4.69, 9.17) is 9.47 Å². The molecule has 2 rings (SSSR count). The number of anilines is 1. The van der Waals surface area contributed by atoms with Crippen molar-refractivity contribution < 1.29 is 43.0 Å². The third-order valence-electron chi connectivity index (χ3n) is 10.6. The Labute approximate surface area is 333 Å². The quantitative estimate of drug-likeness (QED) is 0.105. The Bertz CT molecular complexity index is 1500. The zero-order chi connectivity index (χ0) is 42.3. The fraction of sp³-hybridized carbons (Fsp3) is 0.690.